The third-order valence-electron chi connectivity index (χ3n) is 15.4. The molecule has 0 aliphatic heterocycles. The Morgan fingerprint density at radius 2 is 0.440 bits per heavy atom. The van der Waals surface area contributed by atoms with Crippen LogP contribution in [0.2, 0.25) is 0 Å². The summed E-state index contributed by atoms with van der Waals surface area (Å²) in [7, 11) is 0. The zero-order valence-corrected chi connectivity index (χ0v) is 50.8. The molecule has 0 bridgehead atoms. The Balaban J connectivity index is 4.25. The van der Waals surface area contributed by atoms with Crippen LogP contribution in [0.15, 0.2) is 24.3 Å². The first-order valence-electron chi connectivity index (χ1n) is 33.8. The van der Waals surface area contributed by atoms with Crippen LogP contribution in [-0.2, 0) is 28.6 Å². The van der Waals surface area contributed by atoms with Gasteiger partial charge in [0.25, 0.3) is 0 Å². The topological polar surface area (TPSA) is 78.9 Å². The van der Waals surface area contributed by atoms with Crippen LogP contribution in [0, 0.1) is 0 Å². The summed E-state index contributed by atoms with van der Waals surface area (Å²) in [6.45, 7) is 6.69. The average Bonchev–Trinajstić information content (AvgIpc) is 3.41. The summed E-state index contributed by atoms with van der Waals surface area (Å²) in [5.41, 5.74) is 0. The quantitative estimate of drug-likeness (QED) is 0.0261. The Bertz CT molecular complexity index is 1210. The van der Waals surface area contributed by atoms with Gasteiger partial charge in [-0.05, 0) is 70.6 Å². The highest BCUT2D eigenvalue weighted by atomic mass is 16.6. The lowest BCUT2D eigenvalue weighted by Crippen LogP contribution is -2.30. The smallest absolute Gasteiger partial charge is 0.306 e. The van der Waals surface area contributed by atoms with Gasteiger partial charge in [-0.3, -0.25) is 14.4 Å². The minimum Gasteiger partial charge on any atom is -0.462 e. The van der Waals surface area contributed by atoms with Gasteiger partial charge in [-0.2, -0.15) is 0 Å². The molecule has 0 aromatic heterocycles. The van der Waals surface area contributed by atoms with E-state index in [1.165, 1.54) is 276 Å². The molecule has 0 amide bonds. The van der Waals surface area contributed by atoms with E-state index in [1.54, 1.807) is 0 Å². The zero-order chi connectivity index (χ0) is 54.3. The van der Waals surface area contributed by atoms with Crippen LogP contribution in [0.25, 0.3) is 0 Å². The van der Waals surface area contributed by atoms with E-state index in [9.17, 15) is 14.4 Å². The highest BCUT2D eigenvalue weighted by Gasteiger charge is 2.19. The van der Waals surface area contributed by atoms with E-state index < -0.39 is 6.10 Å². The van der Waals surface area contributed by atoms with E-state index in [1.807, 2.05) is 0 Å². The lowest BCUT2D eigenvalue weighted by Gasteiger charge is -2.18. The molecule has 442 valence electrons. The average molecular weight is 1060 g/mol. The minimum absolute atomic E-state index is 0.0690. The van der Waals surface area contributed by atoms with Gasteiger partial charge in [0.2, 0.25) is 0 Å². The number of carbonyl (C=O) groups is 3. The molecule has 0 aromatic carbocycles. The summed E-state index contributed by atoms with van der Waals surface area (Å²) in [6.07, 6.45) is 77.7. The summed E-state index contributed by atoms with van der Waals surface area (Å²) in [5, 5.41) is 0. The summed E-state index contributed by atoms with van der Waals surface area (Å²) >= 11 is 0. The normalized spacial score (nSPS) is 12.1. The van der Waals surface area contributed by atoms with Crippen molar-refractivity contribution in [1.29, 1.82) is 0 Å². The fraction of sp³-hybridized carbons (Fsp3) is 0.899. The van der Waals surface area contributed by atoms with E-state index in [2.05, 4.69) is 45.1 Å². The van der Waals surface area contributed by atoms with Gasteiger partial charge in [0.05, 0.1) is 0 Å². The van der Waals surface area contributed by atoms with Crippen LogP contribution in [0.3, 0.4) is 0 Å². The number of hydrogen-bond donors (Lipinski definition) is 0. The van der Waals surface area contributed by atoms with Crippen LogP contribution in [-0.4, -0.2) is 37.2 Å². The summed E-state index contributed by atoms with van der Waals surface area (Å²) in [4.78, 5) is 38.3. The highest BCUT2D eigenvalue weighted by Crippen LogP contribution is 2.18. The van der Waals surface area contributed by atoms with Crippen molar-refractivity contribution in [1.82, 2.24) is 0 Å². The third kappa shape index (κ3) is 62.6. The van der Waals surface area contributed by atoms with Gasteiger partial charge < -0.3 is 14.2 Å². The van der Waals surface area contributed by atoms with Gasteiger partial charge in [-0.15, -0.1) is 0 Å². The second kappa shape index (κ2) is 64.4. The van der Waals surface area contributed by atoms with Crippen molar-refractivity contribution >= 4 is 17.9 Å². The highest BCUT2D eigenvalue weighted by molar-refractivity contribution is 5.71. The predicted octanol–water partition coefficient (Wildman–Crippen LogP) is 23.0. The number of carbonyl (C=O) groups excluding carboxylic acids is 3. The second-order valence-electron chi connectivity index (χ2n) is 23.1. The molecular formula is C69H130O6. The SMILES string of the molecule is CCCCCC/C=C\CCCCCCCC(=O)OCC(COC(=O)CCCCCCCCCCCCC/C=C\CCCCCCCCCC)OC(=O)CCCCCCCCCCCCCCCCCCCCCCC. The molecule has 0 fully saturated rings. The zero-order valence-electron chi connectivity index (χ0n) is 50.8. The molecule has 0 rings (SSSR count). The van der Waals surface area contributed by atoms with Crippen molar-refractivity contribution in [2.45, 2.75) is 386 Å². The molecule has 0 spiro atoms. The molecule has 0 aliphatic rings. The molecule has 0 aromatic rings. The van der Waals surface area contributed by atoms with E-state index in [-0.39, 0.29) is 31.1 Å². The number of rotatable bonds is 63. The fourth-order valence-corrected chi connectivity index (χ4v) is 10.3. The molecule has 0 saturated carbocycles. The van der Waals surface area contributed by atoms with Crippen LogP contribution >= 0.6 is 0 Å². The van der Waals surface area contributed by atoms with E-state index in [0.717, 1.165) is 64.2 Å². The monoisotopic (exact) mass is 1050 g/mol. The molecule has 0 aliphatic carbocycles. The third-order valence-corrected chi connectivity index (χ3v) is 15.4. The van der Waals surface area contributed by atoms with Crippen LogP contribution < -0.4 is 0 Å². The number of ether oxygens (including phenoxy) is 3. The number of esters is 3. The molecule has 0 N–H and O–H groups in total. The molecule has 0 radical (unpaired) electrons. The Morgan fingerprint density at radius 1 is 0.253 bits per heavy atom. The molecule has 6 nitrogen and oxygen atoms in total. The van der Waals surface area contributed by atoms with Crippen molar-refractivity contribution in [2.75, 3.05) is 13.2 Å². The summed E-state index contributed by atoms with van der Waals surface area (Å²) < 4.78 is 17.0. The van der Waals surface area contributed by atoms with Crippen LogP contribution in [0.1, 0.15) is 380 Å². The standard InChI is InChI=1S/C69H130O6/c1-4-7-10-13-16-19-22-25-27-29-31-33-34-36-37-39-41-44-47-50-53-56-59-62-68(71)74-65-66(64-73-67(70)61-58-55-52-49-46-43-24-21-18-15-12-9-6-3)75-69(72)63-60-57-54-51-48-45-42-40-38-35-32-30-28-26-23-20-17-14-11-8-5-2/h21,24,29,31,66H,4-20,22-23,25-28,30,32-65H2,1-3H3/b24-21-,31-29-. The first-order chi connectivity index (χ1) is 37.0. The first-order valence-corrected chi connectivity index (χ1v) is 33.8. The summed E-state index contributed by atoms with van der Waals surface area (Å²) in [6, 6.07) is 0. The lowest BCUT2D eigenvalue weighted by atomic mass is 10.0. The summed E-state index contributed by atoms with van der Waals surface area (Å²) in [5.74, 6) is -0.850. The lowest BCUT2D eigenvalue weighted by molar-refractivity contribution is -0.167. The van der Waals surface area contributed by atoms with Crippen molar-refractivity contribution in [3.8, 4) is 0 Å². The molecule has 6 heteroatoms. The van der Waals surface area contributed by atoms with E-state index >= 15 is 0 Å². The van der Waals surface area contributed by atoms with Gasteiger partial charge in [0, 0.05) is 19.3 Å². The number of allylic oxidation sites excluding steroid dienone is 4. The Morgan fingerprint density at radius 3 is 0.680 bits per heavy atom. The molecule has 0 heterocycles. The van der Waals surface area contributed by atoms with Gasteiger partial charge in [0.15, 0.2) is 6.10 Å². The maximum absolute atomic E-state index is 12.9. The van der Waals surface area contributed by atoms with Gasteiger partial charge in [-0.25, -0.2) is 0 Å². The molecule has 0 saturated heterocycles. The van der Waals surface area contributed by atoms with Crippen molar-refractivity contribution in [2.24, 2.45) is 0 Å². The fourth-order valence-electron chi connectivity index (χ4n) is 10.3. The Hall–Kier alpha value is -2.11. The maximum Gasteiger partial charge on any atom is 0.306 e. The Labute approximate surface area is 468 Å². The molecule has 1 atom stereocenters. The van der Waals surface area contributed by atoms with E-state index in [4.69, 9.17) is 14.2 Å². The predicted molar refractivity (Wildman–Crippen MR) is 326 cm³/mol. The first kappa shape index (κ1) is 72.9. The Kier molecular flexibility index (Phi) is 62.6. The van der Waals surface area contributed by atoms with Gasteiger partial charge in [0.1, 0.15) is 13.2 Å². The maximum atomic E-state index is 12.9. The van der Waals surface area contributed by atoms with Crippen molar-refractivity contribution in [3.05, 3.63) is 24.3 Å². The van der Waals surface area contributed by atoms with Crippen molar-refractivity contribution < 1.29 is 28.6 Å². The van der Waals surface area contributed by atoms with Crippen LogP contribution in [0.4, 0.5) is 0 Å². The molecular weight excluding hydrogens is 925 g/mol. The number of unbranched alkanes of at least 4 members (excludes halogenated alkanes) is 48. The van der Waals surface area contributed by atoms with Crippen molar-refractivity contribution in [3.63, 3.8) is 0 Å². The van der Waals surface area contributed by atoms with Gasteiger partial charge in [-0.1, -0.05) is 315 Å². The molecule has 1 unspecified atom stereocenters. The minimum atomic E-state index is -0.772. The van der Waals surface area contributed by atoms with Gasteiger partial charge >= 0.3 is 17.9 Å². The molecule has 75 heavy (non-hydrogen) atoms. The largest absolute Gasteiger partial charge is 0.462 e. The second-order valence-corrected chi connectivity index (χ2v) is 23.1. The number of hydrogen-bond acceptors (Lipinski definition) is 6. The van der Waals surface area contributed by atoms with Crippen LogP contribution in [0.5, 0.6) is 0 Å². The van der Waals surface area contributed by atoms with E-state index in [0.29, 0.717) is 19.3 Å².